The van der Waals surface area contributed by atoms with Gasteiger partial charge in [0.25, 0.3) is 0 Å². The molecule has 3 unspecified atom stereocenters. The van der Waals surface area contributed by atoms with Crippen LogP contribution in [0.5, 0.6) is 5.75 Å². The van der Waals surface area contributed by atoms with E-state index in [4.69, 9.17) is 22.7 Å². The van der Waals surface area contributed by atoms with Gasteiger partial charge in [-0.2, -0.15) is 0 Å². The van der Waals surface area contributed by atoms with E-state index in [0.717, 1.165) is 12.8 Å². The smallest absolute Gasteiger partial charge is 0.165 e. The Morgan fingerprint density at radius 2 is 2.10 bits per heavy atom. The van der Waals surface area contributed by atoms with Gasteiger partial charge >= 0.3 is 0 Å². The minimum atomic E-state index is -0.385. The lowest BCUT2D eigenvalue weighted by Crippen LogP contribution is -2.39. The molecular weight excluding hydrogens is 285 g/mol. The quantitative estimate of drug-likeness (QED) is 0.856. The van der Waals surface area contributed by atoms with Crippen LogP contribution in [-0.4, -0.2) is 11.1 Å². The van der Waals surface area contributed by atoms with Crippen molar-refractivity contribution in [1.29, 1.82) is 0 Å². The highest BCUT2D eigenvalue weighted by atomic mass is 32.1. The normalized spacial score (nSPS) is 33.1. The van der Waals surface area contributed by atoms with Gasteiger partial charge in [-0.05, 0) is 48.8 Å². The van der Waals surface area contributed by atoms with Gasteiger partial charge in [0.05, 0.1) is 0 Å². The fourth-order valence-electron chi connectivity index (χ4n) is 4.21. The van der Waals surface area contributed by atoms with Crippen LogP contribution in [0.15, 0.2) is 18.2 Å². The van der Waals surface area contributed by atoms with Crippen LogP contribution >= 0.6 is 12.2 Å². The zero-order valence-corrected chi connectivity index (χ0v) is 13.6. The molecule has 2 nitrogen and oxygen atoms in total. The molecule has 0 saturated heterocycles. The molecule has 2 aliphatic carbocycles. The number of fused-ring (bicyclic) bond motifs is 2. The largest absolute Gasteiger partial charge is 0.487 e. The topological polar surface area (TPSA) is 35.2 Å². The van der Waals surface area contributed by atoms with Crippen molar-refractivity contribution >= 4 is 17.2 Å². The summed E-state index contributed by atoms with van der Waals surface area (Å²) in [5, 5.41) is 0. The molecule has 1 aromatic rings. The van der Waals surface area contributed by atoms with Gasteiger partial charge in [0, 0.05) is 11.0 Å². The van der Waals surface area contributed by atoms with E-state index in [-0.39, 0.29) is 27.7 Å². The van der Waals surface area contributed by atoms with Gasteiger partial charge in [0.2, 0.25) is 0 Å². The third-order valence-electron chi connectivity index (χ3n) is 6.20. The van der Waals surface area contributed by atoms with E-state index in [2.05, 4.69) is 20.8 Å². The van der Waals surface area contributed by atoms with Gasteiger partial charge in [0.1, 0.15) is 11.1 Å². The summed E-state index contributed by atoms with van der Waals surface area (Å²) in [6.45, 7) is 6.92. The third-order valence-corrected chi connectivity index (χ3v) is 6.44. The molecule has 114 valence electrons. The van der Waals surface area contributed by atoms with Gasteiger partial charge in [-0.1, -0.05) is 33.0 Å². The number of halogens is 1. The van der Waals surface area contributed by atoms with Gasteiger partial charge in [0.15, 0.2) is 11.6 Å². The molecule has 0 aliphatic heterocycles. The molecule has 0 heterocycles. The summed E-state index contributed by atoms with van der Waals surface area (Å²) in [5.74, 6) is 0.598. The molecule has 2 aliphatic rings. The molecule has 0 aromatic heterocycles. The maximum Gasteiger partial charge on any atom is 0.165 e. The molecule has 0 radical (unpaired) electrons. The number of ether oxygens (including phenoxy) is 1. The van der Waals surface area contributed by atoms with Crippen LogP contribution in [0.2, 0.25) is 0 Å². The Hall–Kier alpha value is -1.16. The molecular formula is C17H22FNOS. The van der Waals surface area contributed by atoms with Crippen molar-refractivity contribution in [2.45, 2.75) is 46.1 Å². The van der Waals surface area contributed by atoms with Crippen molar-refractivity contribution in [3.05, 3.63) is 29.6 Å². The molecule has 3 rings (SSSR count). The number of hydrogen-bond acceptors (Lipinski definition) is 2. The summed E-state index contributed by atoms with van der Waals surface area (Å²) >= 11 is 4.87. The Labute approximate surface area is 130 Å². The van der Waals surface area contributed by atoms with Crippen molar-refractivity contribution in [2.75, 3.05) is 0 Å². The molecule has 2 fully saturated rings. The highest BCUT2D eigenvalue weighted by Crippen LogP contribution is 2.66. The van der Waals surface area contributed by atoms with E-state index >= 15 is 0 Å². The highest BCUT2D eigenvalue weighted by Gasteiger charge is 2.62. The van der Waals surface area contributed by atoms with Crippen molar-refractivity contribution < 1.29 is 9.13 Å². The average molecular weight is 307 g/mol. The van der Waals surface area contributed by atoms with Gasteiger partial charge < -0.3 is 10.5 Å². The van der Waals surface area contributed by atoms with E-state index in [0.29, 0.717) is 17.2 Å². The summed E-state index contributed by atoms with van der Waals surface area (Å²) < 4.78 is 20.2. The molecule has 21 heavy (non-hydrogen) atoms. The van der Waals surface area contributed by atoms with E-state index in [1.165, 1.54) is 12.5 Å². The Morgan fingerprint density at radius 1 is 1.38 bits per heavy atom. The second-order valence-corrected chi connectivity index (χ2v) is 7.67. The van der Waals surface area contributed by atoms with Crippen LogP contribution in [0.1, 0.15) is 45.6 Å². The van der Waals surface area contributed by atoms with Crippen LogP contribution in [0, 0.1) is 22.6 Å². The fourth-order valence-corrected chi connectivity index (χ4v) is 4.34. The third kappa shape index (κ3) is 2.07. The van der Waals surface area contributed by atoms with E-state index in [1.54, 1.807) is 12.1 Å². The van der Waals surface area contributed by atoms with Crippen molar-refractivity contribution in [3.63, 3.8) is 0 Å². The number of benzene rings is 1. The molecule has 3 atom stereocenters. The lowest BCUT2D eigenvalue weighted by Gasteiger charge is -2.38. The zero-order chi connectivity index (χ0) is 15.4. The summed E-state index contributed by atoms with van der Waals surface area (Å²) in [7, 11) is 0. The standard InChI is InChI=1S/C17H22FNOS/c1-16(2)11-6-7-17(16,3)14(9-11)20-13-5-4-10(15(19)21)8-12(13)18/h4-5,8,11,14H,6-7,9H2,1-3H3,(H2,19,21). The second-order valence-electron chi connectivity index (χ2n) is 7.23. The Kier molecular flexibility index (Phi) is 3.28. The predicted molar refractivity (Wildman–Crippen MR) is 85.9 cm³/mol. The SMILES string of the molecule is CC1(C)C2CCC1(C)C(Oc1ccc(C(N)=S)cc1F)C2. The molecule has 1 aromatic carbocycles. The number of thiocarbonyl (C=S) groups is 1. The number of hydrogen-bond donors (Lipinski definition) is 1. The molecule has 0 spiro atoms. The van der Waals surface area contributed by atoms with Crippen molar-refractivity contribution in [1.82, 2.24) is 0 Å². The summed E-state index contributed by atoms with van der Waals surface area (Å²) in [6.07, 6.45) is 3.50. The van der Waals surface area contributed by atoms with Crippen LogP contribution in [-0.2, 0) is 0 Å². The first-order valence-corrected chi connectivity index (χ1v) is 7.92. The molecule has 2 bridgehead atoms. The van der Waals surface area contributed by atoms with Crippen molar-refractivity contribution in [3.8, 4) is 5.75 Å². The lowest BCUT2D eigenvalue weighted by atomic mass is 9.70. The van der Waals surface area contributed by atoms with Crippen molar-refractivity contribution in [2.24, 2.45) is 22.5 Å². The molecule has 4 heteroatoms. The first kappa shape index (κ1) is 14.8. The van der Waals surface area contributed by atoms with Gasteiger partial charge in [-0.3, -0.25) is 0 Å². The minimum absolute atomic E-state index is 0.0800. The lowest BCUT2D eigenvalue weighted by molar-refractivity contribution is 0.0278. The Bertz CT molecular complexity index is 600. The van der Waals surface area contributed by atoms with Crippen LogP contribution in [0.4, 0.5) is 4.39 Å². The summed E-state index contributed by atoms with van der Waals surface area (Å²) in [6, 6.07) is 4.73. The monoisotopic (exact) mass is 307 g/mol. The van der Waals surface area contributed by atoms with Crippen LogP contribution < -0.4 is 10.5 Å². The van der Waals surface area contributed by atoms with E-state index in [9.17, 15) is 4.39 Å². The molecule has 2 N–H and O–H groups in total. The van der Waals surface area contributed by atoms with Crippen LogP contribution in [0.25, 0.3) is 0 Å². The maximum absolute atomic E-state index is 14.2. The maximum atomic E-state index is 14.2. The number of rotatable bonds is 3. The Morgan fingerprint density at radius 3 is 2.57 bits per heavy atom. The Balaban J connectivity index is 1.84. The first-order chi connectivity index (χ1) is 9.75. The molecule has 0 amide bonds. The minimum Gasteiger partial charge on any atom is -0.487 e. The van der Waals surface area contributed by atoms with Gasteiger partial charge in [-0.15, -0.1) is 0 Å². The molecule has 2 saturated carbocycles. The summed E-state index contributed by atoms with van der Waals surface area (Å²) in [4.78, 5) is 0.202. The number of nitrogens with two attached hydrogens (primary N) is 1. The fraction of sp³-hybridized carbons (Fsp3) is 0.588. The van der Waals surface area contributed by atoms with Crippen LogP contribution in [0.3, 0.4) is 0 Å². The predicted octanol–water partition coefficient (Wildman–Crippen LogP) is 4.05. The highest BCUT2D eigenvalue weighted by molar-refractivity contribution is 7.80. The second kappa shape index (κ2) is 4.67. The van der Waals surface area contributed by atoms with E-state index in [1.807, 2.05) is 0 Å². The first-order valence-electron chi connectivity index (χ1n) is 7.52. The zero-order valence-electron chi connectivity index (χ0n) is 12.8. The van der Waals surface area contributed by atoms with Gasteiger partial charge in [-0.25, -0.2) is 4.39 Å². The average Bonchev–Trinajstić information content (AvgIpc) is 2.74. The summed E-state index contributed by atoms with van der Waals surface area (Å²) in [5.41, 5.74) is 6.44. The van der Waals surface area contributed by atoms with E-state index < -0.39 is 0 Å².